The van der Waals surface area contributed by atoms with Gasteiger partial charge in [-0.2, -0.15) is 0 Å². The highest BCUT2D eigenvalue weighted by molar-refractivity contribution is 5.65. The Hall–Kier alpha value is -1.35. The number of carbonyl (C=O) groups is 1. The van der Waals surface area contributed by atoms with Gasteiger partial charge in [-0.05, 0) is 56.3 Å². The number of rotatable bonds is 5. The fourth-order valence-electron chi connectivity index (χ4n) is 5.26. The van der Waals surface area contributed by atoms with Gasteiger partial charge in [-0.3, -0.25) is 4.79 Å². The molecule has 25 heavy (non-hydrogen) atoms. The molecule has 3 nitrogen and oxygen atoms in total. The molecule has 0 aromatic heterocycles. The fourth-order valence-corrected chi connectivity index (χ4v) is 5.26. The lowest BCUT2D eigenvalue weighted by Crippen LogP contribution is -2.57. The van der Waals surface area contributed by atoms with E-state index in [1.54, 1.807) is 0 Å². The van der Waals surface area contributed by atoms with Crippen molar-refractivity contribution in [3.8, 4) is 0 Å². The summed E-state index contributed by atoms with van der Waals surface area (Å²) in [4.78, 5) is 11.4. The zero-order valence-electron chi connectivity index (χ0n) is 16.3. The molecule has 0 bridgehead atoms. The van der Waals surface area contributed by atoms with Crippen LogP contribution in [0.15, 0.2) is 36.5 Å². The molecule has 2 aliphatic rings. The van der Waals surface area contributed by atoms with E-state index in [1.165, 1.54) is 18.1 Å². The maximum Gasteiger partial charge on any atom is 0.302 e. The van der Waals surface area contributed by atoms with Crippen LogP contribution in [0.2, 0.25) is 0 Å². The van der Waals surface area contributed by atoms with Crippen molar-refractivity contribution < 1.29 is 14.6 Å². The Bertz CT molecular complexity index is 576. The average Bonchev–Trinajstić information content (AvgIpc) is 2.56. The van der Waals surface area contributed by atoms with Crippen LogP contribution in [0.4, 0.5) is 0 Å². The van der Waals surface area contributed by atoms with Crippen molar-refractivity contribution in [2.75, 3.05) is 6.61 Å². The summed E-state index contributed by atoms with van der Waals surface area (Å²) in [7, 11) is 0. The van der Waals surface area contributed by atoms with E-state index in [-0.39, 0.29) is 11.4 Å². The van der Waals surface area contributed by atoms with Crippen LogP contribution in [-0.4, -0.2) is 23.8 Å². The Kier molecular flexibility index (Phi) is 5.98. The molecule has 0 spiro atoms. The molecule has 0 aromatic rings. The molecule has 0 radical (unpaired) electrons. The molecule has 0 amide bonds. The van der Waals surface area contributed by atoms with Crippen LogP contribution in [0.5, 0.6) is 0 Å². The van der Waals surface area contributed by atoms with Gasteiger partial charge in [-0.15, -0.1) is 0 Å². The maximum atomic E-state index is 11.4. The van der Waals surface area contributed by atoms with Crippen LogP contribution in [-0.2, 0) is 9.53 Å². The van der Waals surface area contributed by atoms with Crippen LogP contribution in [0.1, 0.15) is 59.8 Å². The van der Waals surface area contributed by atoms with E-state index in [0.717, 1.165) is 32.1 Å². The molecule has 2 saturated carbocycles. The van der Waals surface area contributed by atoms with Crippen molar-refractivity contribution in [3.63, 3.8) is 0 Å². The Morgan fingerprint density at radius 2 is 2.04 bits per heavy atom. The van der Waals surface area contributed by atoms with Crippen LogP contribution in [0.25, 0.3) is 0 Å². The monoisotopic (exact) mass is 346 g/mol. The maximum absolute atomic E-state index is 11.4. The highest BCUT2D eigenvalue weighted by atomic mass is 16.5. The first-order valence-corrected chi connectivity index (χ1v) is 9.43. The molecule has 140 valence electrons. The van der Waals surface area contributed by atoms with E-state index in [4.69, 9.17) is 4.74 Å². The van der Waals surface area contributed by atoms with Crippen molar-refractivity contribution >= 4 is 5.97 Å². The zero-order chi connectivity index (χ0) is 18.8. The summed E-state index contributed by atoms with van der Waals surface area (Å²) in [5.74, 6) is 0.434. The van der Waals surface area contributed by atoms with E-state index in [9.17, 15) is 9.90 Å². The highest BCUT2D eigenvalue weighted by Crippen LogP contribution is 2.61. The van der Waals surface area contributed by atoms with Crippen LogP contribution >= 0.6 is 0 Å². The van der Waals surface area contributed by atoms with Gasteiger partial charge in [0.25, 0.3) is 0 Å². The molecule has 0 aliphatic heterocycles. The number of hydrogen-bond donors (Lipinski definition) is 1. The minimum absolute atomic E-state index is 0.0708. The Labute approximate surface area is 152 Å². The normalized spacial score (nSPS) is 38.8. The molecular formula is C22H34O3. The third-order valence-electron chi connectivity index (χ3n) is 6.94. The van der Waals surface area contributed by atoms with Gasteiger partial charge in [0.2, 0.25) is 0 Å². The fraction of sp³-hybridized carbons (Fsp3) is 0.682. The van der Waals surface area contributed by atoms with E-state index < -0.39 is 11.5 Å². The molecule has 0 heterocycles. The average molecular weight is 347 g/mol. The van der Waals surface area contributed by atoms with Gasteiger partial charge in [-0.25, -0.2) is 0 Å². The topological polar surface area (TPSA) is 46.5 Å². The van der Waals surface area contributed by atoms with Gasteiger partial charge in [0.1, 0.15) is 0 Å². The first-order chi connectivity index (χ1) is 11.6. The number of hydrogen-bond acceptors (Lipinski definition) is 3. The van der Waals surface area contributed by atoms with Crippen LogP contribution in [0, 0.1) is 22.7 Å². The minimum atomic E-state index is -0.428. The quantitative estimate of drug-likeness (QED) is 0.441. The molecule has 3 heteroatoms. The molecule has 2 fully saturated rings. The first-order valence-electron chi connectivity index (χ1n) is 9.43. The van der Waals surface area contributed by atoms with Crippen molar-refractivity contribution in [1.29, 1.82) is 0 Å². The minimum Gasteiger partial charge on any atom is -0.465 e. The van der Waals surface area contributed by atoms with Gasteiger partial charge in [-0.1, -0.05) is 50.3 Å². The number of allylic oxidation sites excluding steroid dienone is 4. The Balaban J connectivity index is 2.33. The van der Waals surface area contributed by atoms with Crippen molar-refractivity contribution in [2.45, 2.75) is 65.9 Å². The van der Waals surface area contributed by atoms with Crippen molar-refractivity contribution in [1.82, 2.24) is 0 Å². The summed E-state index contributed by atoms with van der Waals surface area (Å²) < 4.78 is 5.38. The van der Waals surface area contributed by atoms with Gasteiger partial charge in [0, 0.05) is 12.3 Å². The van der Waals surface area contributed by atoms with Crippen LogP contribution in [0.3, 0.4) is 0 Å². The molecule has 5 atom stereocenters. The van der Waals surface area contributed by atoms with E-state index >= 15 is 0 Å². The SMILES string of the molecule is C=CC(C)=CCC1C(=C)CCC2C(C)(COC(C)=O)C(O)CCC12C. The summed E-state index contributed by atoms with van der Waals surface area (Å²) in [6.07, 6.45) is 8.40. The van der Waals surface area contributed by atoms with Gasteiger partial charge in [0.05, 0.1) is 12.7 Å². The largest absolute Gasteiger partial charge is 0.465 e. The number of carbonyl (C=O) groups excluding carboxylic acids is 1. The second-order valence-electron chi connectivity index (χ2n) is 8.54. The van der Waals surface area contributed by atoms with Crippen molar-refractivity contribution in [3.05, 3.63) is 36.5 Å². The summed E-state index contributed by atoms with van der Waals surface area (Å²) >= 11 is 0. The first kappa shape index (κ1) is 20.0. The molecule has 0 saturated heterocycles. The number of esters is 1. The second kappa shape index (κ2) is 7.49. The highest BCUT2D eigenvalue weighted by Gasteiger charge is 2.57. The standard InChI is InChI=1S/C22H34O3/c1-7-15(2)8-10-18-16(3)9-11-19-21(18,5)13-12-20(24)22(19,6)14-25-17(4)23/h7-8,18-20,24H,1,3,9-14H2,2,4-6H3. The summed E-state index contributed by atoms with van der Waals surface area (Å²) in [6.45, 7) is 16.5. The van der Waals surface area contributed by atoms with E-state index in [2.05, 4.69) is 40.0 Å². The number of fused-ring (bicyclic) bond motifs is 1. The van der Waals surface area contributed by atoms with Crippen molar-refractivity contribution in [2.24, 2.45) is 22.7 Å². The smallest absolute Gasteiger partial charge is 0.302 e. The summed E-state index contributed by atoms with van der Waals surface area (Å²) in [5, 5.41) is 10.8. The van der Waals surface area contributed by atoms with Gasteiger partial charge < -0.3 is 9.84 Å². The Morgan fingerprint density at radius 1 is 1.36 bits per heavy atom. The zero-order valence-corrected chi connectivity index (χ0v) is 16.3. The lowest BCUT2D eigenvalue weighted by atomic mass is 9.46. The number of aliphatic hydroxyl groups excluding tert-OH is 1. The molecule has 2 rings (SSSR count). The number of ether oxygens (including phenoxy) is 1. The molecule has 5 unspecified atom stereocenters. The van der Waals surface area contributed by atoms with Crippen LogP contribution < -0.4 is 0 Å². The summed E-state index contributed by atoms with van der Waals surface area (Å²) in [6, 6.07) is 0. The van der Waals surface area contributed by atoms with E-state index in [1.807, 2.05) is 6.08 Å². The number of aliphatic hydroxyl groups is 1. The van der Waals surface area contributed by atoms with Gasteiger partial charge >= 0.3 is 5.97 Å². The molecule has 1 N–H and O–H groups in total. The molecular weight excluding hydrogens is 312 g/mol. The second-order valence-corrected chi connectivity index (χ2v) is 8.54. The molecule has 0 aromatic carbocycles. The molecule has 2 aliphatic carbocycles. The summed E-state index contributed by atoms with van der Waals surface area (Å²) in [5.41, 5.74) is 2.19. The Morgan fingerprint density at radius 3 is 2.64 bits per heavy atom. The predicted octanol–water partition coefficient (Wildman–Crippen LogP) is 4.82. The third kappa shape index (κ3) is 3.76. The third-order valence-corrected chi connectivity index (χ3v) is 6.94. The van der Waals surface area contributed by atoms with Gasteiger partial charge in [0.15, 0.2) is 0 Å². The predicted molar refractivity (Wildman–Crippen MR) is 102 cm³/mol. The lowest BCUT2D eigenvalue weighted by molar-refractivity contribution is -0.172. The lowest BCUT2D eigenvalue weighted by Gasteiger charge is -2.60. The van der Waals surface area contributed by atoms with E-state index in [0.29, 0.717) is 18.4 Å².